The summed E-state index contributed by atoms with van der Waals surface area (Å²) in [6.07, 6.45) is 0.500. The highest BCUT2D eigenvalue weighted by atomic mass is 79.9. The second-order valence-electron chi connectivity index (χ2n) is 4.76. The van der Waals surface area contributed by atoms with Crippen LogP contribution < -0.4 is 9.47 Å². The Morgan fingerprint density at radius 3 is 2.10 bits per heavy atom. The van der Waals surface area contributed by atoms with E-state index in [1.165, 1.54) is 0 Å². The molecular formula is C17H19BrO3. The molecule has 112 valence electrons. The molecule has 21 heavy (non-hydrogen) atoms. The van der Waals surface area contributed by atoms with Gasteiger partial charge < -0.3 is 14.6 Å². The lowest BCUT2D eigenvalue weighted by atomic mass is 9.83. The molecule has 0 saturated heterocycles. The smallest absolute Gasteiger partial charge is 0.129 e. The molecule has 4 heteroatoms. The van der Waals surface area contributed by atoms with Crippen molar-refractivity contribution in [3.63, 3.8) is 0 Å². The standard InChI is InChI=1S/C17H19BrO3/c1-4-17(19,12-7-5-8-13(18)11-12)16-14(20-2)9-6-10-15(16)21-3/h5-11,19H,4H2,1-3H3. The molecule has 0 fully saturated rings. The van der Waals surface area contributed by atoms with E-state index < -0.39 is 5.60 Å². The van der Waals surface area contributed by atoms with Crippen molar-refractivity contribution < 1.29 is 14.6 Å². The highest BCUT2D eigenvalue weighted by molar-refractivity contribution is 9.10. The maximum atomic E-state index is 11.3. The Labute approximate surface area is 133 Å². The van der Waals surface area contributed by atoms with E-state index in [-0.39, 0.29) is 0 Å². The van der Waals surface area contributed by atoms with Gasteiger partial charge in [-0.15, -0.1) is 0 Å². The van der Waals surface area contributed by atoms with Gasteiger partial charge in [0.25, 0.3) is 0 Å². The fourth-order valence-electron chi connectivity index (χ4n) is 2.53. The van der Waals surface area contributed by atoms with Crippen LogP contribution in [0.15, 0.2) is 46.9 Å². The van der Waals surface area contributed by atoms with Crippen molar-refractivity contribution >= 4 is 15.9 Å². The Kier molecular flexibility index (Phi) is 4.91. The Morgan fingerprint density at radius 2 is 1.62 bits per heavy atom. The van der Waals surface area contributed by atoms with Crippen molar-refractivity contribution in [2.75, 3.05) is 14.2 Å². The largest absolute Gasteiger partial charge is 0.496 e. The first-order valence-corrected chi connectivity index (χ1v) is 7.56. The monoisotopic (exact) mass is 350 g/mol. The van der Waals surface area contributed by atoms with Gasteiger partial charge in [0.1, 0.15) is 17.1 Å². The minimum Gasteiger partial charge on any atom is -0.496 e. The van der Waals surface area contributed by atoms with Crippen molar-refractivity contribution in [1.29, 1.82) is 0 Å². The minimum atomic E-state index is -1.18. The van der Waals surface area contributed by atoms with Gasteiger partial charge in [-0.2, -0.15) is 0 Å². The first-order valence-electron chi connectivity index (χ1n) is 6.76. The molecule has 0 aliphatic rings. The summed E-state index contributed by atoms with van der Waals surface area (Å²) >= 11 is 3.45. The van der Waals surface area contributed by atoms with Crippen molar-refractivity contribution in [3.05, 3.63) is 58.1 Å². The number of rotatable bonds is 5. The Bertz CT molecular complexity index is 605. The molecule has 1 unspecified atom stereocenters. The molecule has 2 aromatic rings. The summed E-state index contributed by atoms with van der Waals surface area (Å²) in [5.74, 6) is 1.22. The third-order valence-electron chi connectivity index (χ3n) is 3.66. The summed E-state index contributed by atoms with van der Waals surface area (Å²) in [4.78, 5) is 0. The molecule has 1 N–H and O–H groups in total. The van der Waals surface area contributed by atoms with E-state index in [4.69, 9.17) is 9.47 Å². The van der Waals surface area contributed by atoms with Gasteiger partial charge in [0.2, 0.25) is 0 Å². The van der Waals surface area contributed by atoms with Crippen molar-refractivity contribution in [1.82, 2.24) is 0 Å². The van der Waals surface area contributed by atoms with E-state index in [1.807, 2.05) is 49.4 Å². The predicted molar refractivity (Wildman–Crippen MR) is 87.0 cm³/mol. The quantitative estimate of drug-likeness (QED) is 0.881. The molecule has 0 spiro atoms. The van der Waals surface area contributed by atoms with Gasteiger partial charge in [-0.1, -0.05) is 41.1 Å². The summed E-state index contributed by atoms with van der Waals surface area (Å²) in [5, 5.41) is 11.3. The van der Waals surface area contributed by atoms with E-state index in [0.717, 1.165) is 10.0 Å². The van der Waals surface area contributed by atoms with Gasteiger partial charge in [0, 0.05) is 4.47 Å². The zero-order chi connectivity index (χ0) is 15.5. The Balaban J connectivity index is 2.70. The van der Waals surface area contributed by atoms with E-state index in [1.54, 1.807) is 14.2 Å². The van der Waals surface area contributed by atoms with Crippen LogP contribution in [-0.4, -0.2) is 19.3 Å². The molecule has 3 nitrogen and oxygen atoms in total. The Hall–Kier alpha value is -1.52. The second-order valence-corrected chi connectivity index (χ2v) is 5.68. The van der Waals surface area contributed by atoms with Crippen LogP contribution in [0.1, 0.15) is 24.5 Å². The fraction of sp³-hybridized carbons (Fsp3) is 0.294. The molecule has 0 radical (unpaired) electrons. The number of hydrogen-bond acceptors (Lipinski definition) is 3. The second kappa shape index (κ2) is 6.50. The summed E-state index contributed by atoms with van der Waals surface area (Å²) < 4.78 is 11.8. The van der Waals surface area contributed by atoms with Crippen LogP contribution in [0.5, 0.6) is 11.5 Å². The third-order valence-corrected chi connectivity index (χ3v) is 4.15. The zero-order valence-electron chi connectivity index (χ0n) is 12.4. The average molecular weight is 351 g/mol. The number of methoxy groups -OCH3 is 2. The topological polar surface area (TPSA) is 38.7 Å². The van der Waals surface area contributed by atoms with E-state index >= 15 is 0 Å². The molecule has 2 rings (SSSR count). The predicted octanol–water partition coefficient (Wildman–Crippen LogP) is 4.11. The third kappa shape index (κ3) is 2.92. The molecule has 1 atom stereocenters. The number of aliphatic hydroxyl groups is 1. The SMILES string of the molecule is CCC(O)(c1cccc(Br)c1)c1c(OC)cccc1OC. The van der Waals surface area contributed by atoms with Crippen LogP contribution in [-0.2, 0) is 5.60 Å². The molecule has 0 heterocycles. The van der Waals surface area contributed by atoms with Gasteiger partial charge in [-0.05, 0) is 36.2 Å². The van der Waals surface area contributed by atoms with Gasteiger partial charge in [0.15, 0.2) is 0 Å². The van der Waals surface area contributed by atoms with E-state index in [0.29, 0.717) is 23.5 Å². The van der Waals surface area contributed by atoms with Crippen LogP contribution in [0, 0.1) is 0 Å². The number of ether oxygens (including phenoxy) is 2. The maximum Gasteiger partial charge on any atom is 0.129 e. The maximum absolute atomic E-state index is 11.3. The van der Waals surface area contributed by atoms with Crippen molar-refractivity contribution in [2.45, 2.75) is 18.9 Å². The minimum absolute atomic E-state index is 0.500. The molecular weight excluding hydrogens is 332 g/mol. The highest BCUT2D eigenvalue weighted by Crippen LogP contribution is 2.44. The summed E-state index contributed by atoms with van der Waals surface area (Å²) in [6.45, 7) is 1.94. The summed E-state index contributed by atoms with van der Waals surface area (Å²) in [6, 6.07) is 13.2. The number of benzene rings is 2. The molecule has 2 aromatic carbocycles. The van der Waals surface area contributed by atoms with Crippen molar-refractivity contribution in [3.8, 4) is 11.5 Å². The lowest BCUT2D eigenvalue weighted by Gasteiger charge is -2.31. The van der Waals surface area contributed by atoms with E-state index in [2.05, 4.69) is 15.9 Å². The molecule has 0 saturated carbocycles. The summed E-state index contributed by atoms with van der Waals surface area (Å²) in [5.41, 5.74) is 0.264. The number of halogens is 1. The van der Waals surface area contributed by atoms with Crippen LogP contribution in [0.4, 0.5) is 0 Å². The lowest BCUT2D eigenvalue weighted by molar-refractivity contribution is 0.0706. The number of hydrogen-bond donors (Lipinski definition) is 1. The van der Waals surface area contributed by atoms with Gasteiger partial charge >= 0.3 is 0 Å². The first-order chi connectivity index (χ1) is 10.1. The van der Waals surface area contributed by atoms with Crippen LogP contribution in [0.3, 0.4) is 0 Å². The molecule has 0 amide bonds. The van der Waals surface area contributed by atoms with Crippen LogP contribution in [0.25, 0.3) is 0 Å². The molecule has 0 aromatic heterocycles. The van der Waals surface area contributed by atoms with Crippen LogP contribution >= 0.6 is 15.9 Å². The van der Waals surface area contributed by atoms with Gasteiger partial charge in [0.05, 0.1) is 19.8 Å². The van der Waals surface area contributed by atoms with E-state index in [9.17, 15) is 5.11 Å². The van der Waals surface area contributed by atoms with Gasteiger partial charge in [-0.25, -0.2) is 0 Å². The van der Waals surface area contributed by atoms with Crippen LogP contribution in [0.2, 0.25) is 0 Å². The fourth-order valence-corrected chi connectivity index (χ4v) is 2.93. The average Bonchev–Trinajstić information content (AvgIpc) is 2.53. The normalized spacial score (nSPS) is 13.6. The molecule has 0 aliphatic heterocycles. The van der Waals surface area contributed by atoms with Crippen molar-refractivity contribution in [2.24, 2.45) is 0 Å². The zero-order valence-corrected chi connectivity index (χ0v) is 14.0. The molecule has 0 aliphatic carbocycles. The highest BCUT2D eigenvalue weighted by Gasteiger charge is 2.35. The van der Waals surface area contributed by atoms with Gasteiger partial charge in [-0.3, -0.25) is 0 Å². The first kappa shape index (κ1) is 15.9. The summed E-state index contributed by atoms with van der Waals surface area (Å²) in [7, 11) is 3.19. The lowest BCUT2D eigenvalue weighted by Crippen LogP contribution is -2.27. The molecule has 0 bridgehead atoms. The Morgan fingerprint density at radius 1 is 1.05 bits per heavy atom.